The standard InChI is InChI=1S/C20H19FN8O2/c1-28(20(30)31-2)15-16(22)25-18(26-17(15)23)14-12-7-5-9-24-19(12)29(27-14)10-11-6-3-4-8-13(11)21/h3-9H,10H2,1-2H3,(H4,22,23,25,26)/i1+1D3. The molecule has 0 unspecified atom stereocenters. The second-order valence-electron chi connectivity index (χ2n) is 6.44. The Morgan fingerprint density at radius 1 is 1.23 bits per heavy atom. The first-order chi connectivity index (χ1) is 16.1. The number of hydrogen-bond donors (Lipinski definition) is 2. The highest BCUT2D eigenvalue weighted by atomic mass is 19.1. The quantitative estimate of drug-likeness (QED) is 0.475. The van der Waals surface area contributed by atoms with E-state index in [1.54, 1.807) is 36.5 Å². The lowest BCUT2D eigenvalue weighted by molar-refractivity contribution is 0.180. The second kappa shape index (κ2) is 7.86. The molecule has 10 nitrogen and oxygen atoms in total. The maximum Gasteiger partial charge on any atom is 0.413 e. The third-order valence-corrected chi connectivity index (χ3v) is 4.52. The lowest BCUT2D eigenvalue weighted by Gasteiger charge is -2.18. The molecule has 0 saturated heterocycles. The number of anilines is 3. The van der Waals surface area contributed by atoms with E-state index in [2.05, 4.69) is 24.8 Å². The van der Waals surface area contributed by atoms with Crippen molar-refractivity contribution in [3.8, 4) is 11.5 Å². The van der Waals surface area contributed by atoms with Crippen LogP contribution in [0.25, 0.3) is 22.6 Å². The lowest BCUT2D eigenvalue weighted by Crippen LogP contribution is -2.28. The molecule has 3 heterocycles. The van der Waals surface area contributed by atoms with Crippen LogP contribution in [0, 0.1) is 5.82 Å². The minimum absolute atomic E-state index is 0.0283. The summed E-state index contributed by atoms with van der Waals surface area (Å²) < 4.78 is 43.2. The topological polar surface area (TPSA) is 138 Å². The van der Waals surface area contributed by atoms with Crippen molar-refractivity contribution in [1.82, 2.24) is 24.7 Å². The highest BCUT2D eigenvalue weighted by Gasteiger charge is 2.23. The fourth-order valence-electron chi connectivity index (χ4n) is 3.08. The maximum atomic E-state index is 14.2. The summed E-state index contributed by atoms with van der Waals surface area (Å²) in [6.45, 7) is -2.88. The van der Waals surface area contributed by atoms with Gasteiger partial charge in [0.25, 0.3) is 0 Å². The summed E-state index contributed by atoms with van der Waals surface area (Å²) in [5.74, 6) is -1.17. The van der Waals surface area contributed by atoms with Crippen molar-refractivity contribution in [1.29, 1.82) is 0 Å². The van der Waals surface area contributed by atoms with Crippen molar-refractivity contribution in [3.05, 3.63) is 54.0 Å². The predicted molar refractivity (Wildman–Crippen MR) is 114 cm³/mol. The van der Waals surface area contributed by atoms with Crippen molar-refractivity contribution in [2.24, 2.45) is 0 Å². The van der Waals surface area contributed by atoms with Gasteiger partial charge in [0.2, 0.25) is 0 Å². The largest absolute Gasteiger partial charge is 0.452 e. The van der Waals surface area contributed by atoms with E-state index in [0.717, 1.165) is 7.11 Å². The molecular weight excluding hydrogens is 404 g/mol. The molecule has 0 spiro atoms. The summed E-state index contributed by atoms with van der Waals surface area (Å²) in [4.78, 5) is 25.1. The maximum absolute atomic E-state index is 14.2. The molecule has 4 rings (SSSR count). The number of nitrogen functional groups attached to an aromatic ring is 2. The van der Waals surface area contributed by atoms with Crippen LogP contribution in [0.4, 0.5) is 26.5 Å². The number of nitrogens with zero attached hydrogens (tertiary/aromatic N) is 6. The van der Waals surface area contributed by atoms with Gasteiger partial charge in [-0.1, -0.05) is 18.2 Å². The Kier molecular flexibility index (Phi) is 4.19. The molecule has 4 aromatic rings. The normalized spacial score (nSPS) is 12.8. The number of hydrogen-bond acceptors (Lipinski definition) is 8. The van der Waals surface area contributed by atoms with Gasteiger partial charge in [-0.2, -0.15) is 5.10 Å². The Labute approximate surface area is 180 Å². The molecule has 0 aliphatic heterocycles. The van der Waals surface area contributed by atoms with E-state index in [1.807, 2.05) is 0 Å². The molecule has 0 radical (unpaired) electrons. The minimum atomic E-state index is -2.96. The molecule has 0 fully saturated rings. The van der Waals surface area contributed by atoms with Crippen LogP contribution < -0.4 is 16.4 Å². The predicted octanol–water partition coefficient (Wildman–Crippen LogP) is 2.44. The molecule has 0 aliphatic carbocycles. The molecule has 0 bridgehead atoms. The number of carbonyl (C=O) groups is 1. The zero-order chi connectivity index (χ0) is 24.6. The number of carbonyl (C=O) groups excluding carboxylic acids is 1. The van der Waals surface area contributed by atoms with Crippen molar-refractivity contribution in [2.45, 2.75) is 6.54 Å². The van der Waals surface area contributed by atoms with Gasteiger partial charge < -0.3 is 16.2 Å². The summed E-state index contributed by atoms with van der Waals surface area (Å²) >= 11 is 0. The summed E-state index contributed by atoms with van der Waals surface area (Å²) in [5.41, 5.74) is 12.7. The number of pyridine rings is 1. The first-order valence-electron chi connectivity index (χ1n) is 10.5. The van der Waals surface area contributed by atoms with Crippen LogP contribution in [-0.4, -0.2) is 44.9 Å². The summed E-state index contributed by atoms with van der Waals surface area (Å²) in [6.07, 6.45) is 0.349. The van der Waals surface area contributed by atoms with Gasteiger partial charge in [0.15, 0.2) is 23.1 Å². The van der Waals surface area contributed by atoms with Crippen molar-refractivity contribution in [2.75, 3.05) is 30.5 Å². The molecule has 158 valence electrons. The van der Waals surface area contributed by atoms with Crippen LogP contribution >= 0.6 is 0 Å². The van der Waals surface area contributed by atoms with Crippen LogP contribution in [-0.2, 0) is 11.3 Å². The van der Waals surface area contributed by atoms with Gasteiger partial charge in [0.1, 0.15) is 17.2 Å². The molecular formula is C20H19FN8O2. The van der Waals surface area contributed by atoms with E-state index in [1.165, 1.54) is 10.7 Å². The van der Waals surface area contributed by atoms with E-state index in [4.69, 9.17) is 15.6 Å². The molecule has 0 atom stereocenters. The number of fused-ring (bicyclic) bond motifs is 1. The van der Waals surface area contributed by atoms with Gasteiger partial charge in [0.05, 0.1) is 19.0 Å². The Morgan fingerprint density at radius 3 is 2.65 bits per heavy atom. The highest BCUT2D eigenvalue weighted by molar-refractivity contribution is 5.96. The Hall–Kier alpha value is -4.28. The zero-order valence-electron chi connectivity index (χ0n) is 19.3. The molecule has 1 aromatic carbocycles. The van der Waals surface area contributed by atoms with Crippen LogP contribution in [0.1, 0.15) is 9.68 Å². The number of amides is 1. The monoisotopic (exact) mass is 426 g/mol. The number of methoxy groups -OCH3 is 1. The van der Waals surface area contributed by atoms with Gasteiger partial charge in [-0.05, 0) is 18.2 Å². The third-order valence-electron chi connectivity index (χ3n) is 4.52. The summed E-state index contributed by atoms with van der Waals surface area (Å²) in [6, 6.07) is 9.66. The van der Waals surface area contributed by atoms with Gasteiger partial charge in [-0.25, -0.2) is 28.8 Å². The number of aromatic nitrogens is 5. The summed E-state index contributed by atoms with van der Waals surface area (Å²) in [7, 11) is 1.02. The Morgan fingerprint density at radius 2 is 1.97 bits per heavy atom. The Balaban J connectivity index is 1.84. The van der Waals surface area contributed by atoms with Gasteiger partial charge in [0, 0.05) is 22.8 Å². The number of rotatable bonds is 4. The fourth-order valence-corrected chi connectivity index (χ4v) is 3.08. The second-order valence-corrected chi connectivity index (χ2v) is 6.44. The minimum Gasteiger partial charge on any atom is -0.452 e. The van der Waals surface area contributed by atoms with Gasteiger partial charge >= 0.3 is 6.09 Å². The van der Waals surface area contributed by atoms with E-state index < -0.39 is 24.6 Å². The van der Waals surface area contributed by atoms with Crippen molar-refractivity contribution >= 4 is 34.4 Å². The highest BCUT2D eigenvalue weighted by Crippen LogP contribution is 2.32. The molecule has 31 heavy (non-hydrogen) atoms. The molecule has 1 amide bonds. The lowest BCUT2D eigenvalue weighted by atomic mass is 10.2. The third kappa shape index (κ3) is 3.56. The average Bonchev–Trinajstić information content (AvgIpc) is 3.15. The van der Waals surface area contributed by atoms with E-state index >= 15 is 0 Å². The first kappa shape index (κ1) is 16.5. The molecule has 3 aromatic heterocycles. The average molecular weight is 426 g/mol. The number of benzene rings is 1. The van der Waals surface area contributed by atoms with Gasteiger partial charge in [-0.3, -0.25) is 4.90 Å². The van der Waals surface area contributed by atoms with Crippen LogP contribution in [0.5, 0.6) is 0 Å². The van der Waals surface area contributed by atoms with Crippen LogP contribution in [0.2, 0.25) is 0 Å². The molecule has 0 aliphatic rings. The molecule has 11 heteroatoms. The molecule has 4 N–H and O–H groups in total. The first-order valence-corrected chi connectivity index (χ1v) is 8.98. The van der Waals surface area contributed by atoms with Crippen molar-refractivity contribution in [3.63, 3.8) is 0 Å². The molecule has 0 saturated carbocycles. The van der Waals surface area contributed by atoms with E-state index in [9.17, 15) is 9.18 Å². The number of nitrogens with two attached hydrogens (primary N) is 2. The number of halogens is 1. The summed E-state index contributed by atoms with van der Waals surface area (Å²) in [5, 5.41) is 5.02. The smallest absolute Gasteiger partial charge is 0.413 e. The SMILES string of the molecule is [2H][13C]([2H])([2H])N(C(=O)OC)c1c(N)nc(-c2nn(Cc3ccccc3F)c3ncccc23)nc1N. The fraction of sp³-hybridized carbons (Fsp3) is 0.150. The van der Waals surface area contributed by atoms with Crippen LogP contribution in [0.3, 0.4) is 0 Å². The van der Waals surface area contributed by atoms with Crippen LogP contribution in [0.15, 0.2) is 42.6 Å². The van der Waals surface area contributed by atoms with E-state index in [-0.39, 0.29) is 29.7 Å². The van der Waals surface area contributed by atoms with Crippen molar-refractivity contribution < 1.29 is 18.0 Å². The van der Waals surface area contributed by atoms with Gasteiger partial charge in [-0.15, -0.1) is 0 Å². The zero-order valence-corrected chi connectivity index (χ0v) is 16.3. The Bertz CT molecular complexity index is 1370. The van der Waals surface area contributed by atoms with E-state index in [0.29, 0.717) is 21.5 Å². The number of ether oxygens (including phenoxy) is 1.